The summed E-state index contributed by atoms with van der Waals surface area (Å²) < 4.78 is 56.6. The molecule has 0 N–H and O–H groups in total. The maximum atomic E-state index is 13.4. The molecule has 1 aliphatic rings. The van der Waals surface area contributed by atoms with Gasteiger partial charge in [0.05, 0.1) is 18.7 Å². The second-order valence-electron chi connectivity index (χ2n) is 11.1. The first kappa shape index (κ1) is 30.8. The van der Waals surface area contributed by atoms with Crippen LogP contribution in [0.5, 0.6) is 0 Å². The molecule has 5 aromatic rings. The van der Waals surface area contributed by atoms with Crippen molar-refractivity contribution in [2.75, 3.05) is 0 Å². The SMILES string of the molecule is CCCc1nnc(Cn2c(SCc3ccc(F)cc3)nc(=O)c3c2CCC3)n1Cc1ccc(-c2ccc(C(F)(F)F)cc2)cc1. The molecule has 45 heavy (non-hydrogen) atoms. The Morgan fingerprint density at radius 3 is 2.11 bits per heavy atom. The Balaban J connectivity index is 1.28. The summed E-state index contributed by atoms with van der Waals surface area (Å²) in [6.07, 6.45) is -0.385. The van der Waals surface area contributed by atoms with E-state index in [9.17, 15) is 22.4 Å². The highest BCUT2D eigenvalue weighted by Crippen LogP contribution is 2.31. The number of benzene rings is 3. The number of halogens is 4. The third kappa shape index (κ3) is 6.88. The maximum Gasteiger partial charge on any atom is 0.416 e. The Kier molecular flexibility index (Phi) is 8.89. The molecular weight excluding hydrogens is 602 g/mol. The van der Waals surface area contributed by atoms with Gasteiger partial charge >= 0.3 is 6.18 Å². The molecule has 11 heteroatoms. The lowest BCUT2D eigenvalue weighted by molar-refractivity contribution is -0.137. The molecule has 0 atom stereocenters. The monoisotopic (exact) mass is 633 g/mol. The van der Waals surface area contributed by atoms with Crippen LogP contribution in [0.3, 0.4) is 0 Å². The number of aryl methyl sites for hydroxylation is 1. The fourth-order valence-electron chi connectivity index (χ4n) is 5.65. The lowest BCUT2D eigenvalue weighted by atomic mass is 10.0. The third-order valence-electron chi connectivity index (χ3n) is 8.00. The van der Waals surface area contributed by atoms with E-state index in [4.69, 9.17) is 0 Å². The molecule has 0 unspecified atom stereocenters. The number of rotatable bonds is 10. The molecule has 0 aliphatic heterocycles. The summed E-state index contributed by atoms with van der Waals surface area (Å²) in [5, 5.41) is 9.69. The van der Waals surface area contributed by atoms with Crippen LogP contribution >= 0.6 is 11.8 Å². The minimum Gasteiger partial charge on any atom is -0.316 e. The van der Waals surface area contributed by atoms with E-state index in [-0.39, 0.29) is 11.4 Å². The first-order chi connectivity index (χ1) is 21.7. The number of nitrogens with zero attached hydrogens (tertiary/aromatic N) is 5. The summed E-state index contributed by atoms with van der Waals surface area (Å²) in [6.45, 7) is 2.99. The summed E-state index contributed by atoms with van der Waals surface area (Å²) in [7, 11) is 0. The van der Waals surface area contributed by atoms with Gasteiger partial charge in [0, 0.05) is 23.4 Å². The minimum absolute atomic E-state index is 0.193. The van der Waals surface area contributed by atoms with Crippen LogP contribution in [0.2, 0.25) is 0 Å². The van der Waals surface area contributed by atoms with Gasteiger partial charge in [0.1, 0.15) is 11.6 Å². The Hall–Kier alpha value is -4.25. The van der Waals surface area contributed by atoms with Crippen LogP contribution in [0.1, 0.15) is 59.4 Å². The van der Waals surface area contributed by atoms with E-state index in [2.05, 4.69) is 31.2 Å². The number of thioether (sulfide) groups is 1. The first-order valence-electron chi connectivity index (χ1n) is 14.9. The van der Waals surface area contributed by atoms with Crippen LogP contribution in [0.15, 0.2) is 82.7 Å². The van der Waals surface area contributed by atoms with Crippen LogP contribution in [0.25, 0.3) is 11.1 Å². The van der Waals surface area contributed by atoms with Gasteiger partial charge in [-0.25, -0.2) is 4.39 Å². The molecule has 0 fully saturated rings. The van der Waals surface area contributed by atoms with Crippen molar-refractivity contribution < 1.29 is 17.6 Å². The molecule has 0 bridgehead atoms. The normalized spacial score (nSPS) is 12.9. The fourth-order valence-corrected chi connectivity index (χ4v) is 6.61. The zero-order valence-electron chi connectivity index (χ0n) is 24.6. The molecule has 0 spiro atoms. The molecule has 6 rings (SSSR count). The van der Waals surface area contributed by atoms with Gasteiger partial charge in [-0.05, 0) is 72.2 Å². The highest BCUT2D eigenvalue weighted by Gasteiger charge is 2.30. The summed E-state index contributed by atoms with van der Waals surface area (Å²) in [6, 6.07) is 19.2. The number of hydrogen-bond acceptors (Lipinski definition) is 5. The Bertz CT molecular complexity index is 1850. The predicted octanol–water partition coefficient (Wildman–Crippen LogP) is 7.49. The standard InChI is InChI=1S/C34H31F4N5OS/c1-2-4-30-40-41-31(43(30)19-22-7-11-24(12-8-22)25-13-15-26(16-14-25)34(36,37)38)20-42-29-6-3-5-28(29)32(44)39-33(42)45-21-23-9-17-27(35)18-10-23/h7-18H,2-6,19-21H2,1H3. The van der Waals surface area contributed by atoms with Crippen molar-refractivity contribution in [2.45, 2.75) is 69.2 Å². The van der Waals surface area contributed by atoms with E-state index >= 15 is 0 Å². The Labute approximate surface area is 262 Å². The highest BCUT2D eigenvalue weighted by molar-refractivity contribution is 7.98. The minimum atomic E-state index is -4.37. The van der Waals surface area contributed by atoms with Gasteiger partial charge in [0.2, 0.25) is 0 Å². The number of aromatic nitrogens is 5. The fraction of sp³-hybridized carbons (Fsp3) is 0.294. The summed E-state index contributed by atoms with van der Waals surface area (Å²) >= 11 is 1.44. The van der Waals surface area contributed by atoms with Crippen molar-refractivity contribution in [2.24, 2.45) is 0 Å². The van der Waals surface area contributed by atoms with Crippen LogP contribution in [-0.2, 0) is 44.3 Å². The van der Waals surface area contributed by atoms with E-state index in [1.807, 2.05) is 24.3 Å². The second-order valence-corrected chi connectivity index (χ2v) is 12.1. The summed E-state index contributed by atoms with van der Waals surface area (Å²) in [5.41, 5.74) is 4.31. The number of hydrogen-bond donors (Lipinski definition) is 0. The predicted molar refractivity (Wildman–Crippen MR) is 166 cm³/mol. The van der Waals surface area contributed by atoms with Gasteiger partial charge < -0.3 is 9.13 Å². The quantitative estimate of drug-likeness (QED) is 0.0906. The molecular formula is C34H31F4N5OS. The lowest BCUT2D eigenvalue weighted by Gasteiger charge is -2.18. The van der Waals surface area contributed by atoms with Crippen molar-refractivity contribution in [1.29, 1.82) is 0 Å². The van der Waals surface area contributed by atoms with Crippen molar-refractivity contribution in [3.8, 4) is 11.1 Å². The molecule has 0 saturated heterocycles. The maximum absolute atomic E-state index is 13.4. The smallest absolute Gasteiger partial charge is 0.316 e. The van der Waals surface area contributed by atoms with E-state index in [0.29, 0.717) is 36.0 Å². The molecule has 2 aromatic heterocycles. The van der Waals surface area contributed by atoms with Crippen LogP contribution in [0, 0.1) is 5.82 Å². The largest absolute Gasteiger partial charge is 0.416 e. The van der Waals surface area contributed by atoms with Gasteiger partial charge in [0.25, 0.3) is 5.56 Å². The average Bonchev–Trinajstić information content (AvgIpc) is 3.67. The third-order valence-corrected chi connectivity index (χ3v) is 9.05. The second kappa shape index (κ2) is 13.0. The molecule has 0 amide bonds. The van der Waals surface area contributed by atoms with E-state index in [0.717, 1.165) is 77.4 Å². The molecule has 0 radical (unpaired) electrons. The molecule has 0 saturated carbocycles. The van der Waals surface area contributed by atoms with Crippen molar-refractivity contribution in [1.82, 2.24) is 24.3 Å². The van der Waals surface area contributed by atoms with Crippen molar-refractivity contribution in [3.05, 3.63) is 129 Å². The number of fused-ring (bicyclic) bond motifs is 1. The molecule has 3 aromatic carbocycles. The van der Waals surface area contributed by atoms with Gasteiger partial charge in [-0.1, -0.05) is 67.2 Å². The van der Waals surface area contributed by atoms with Crippen LogP contribution in [0.4, 0.5) is 17.6 Å². The first-order valence-corrected chi connectivity index (χ1v) is 15.9. The lowest BCUT2D eigenvalue weighted by Crippen LogP contribution is -2.23. The van der Waals surface area contributed by atoms with Gasteiger partial charge in [0.15, 0.2) is 11.0 Å². The highest BCUT2D eigenvalue weighted by atomic mass is 32.2. The van der Waals surface area contributed by atoms with Crippen molar-refractivity contribution in [3.63, 3.8) is 0 Å². The zero-order chi connectivity index (χ0) is 31.6. The van der Waals surface area contributed by atoms with Gasteiger partial charge in [-0.3, -0.25) is 4.79 Å². The Morgan fingerprint density at radius 1 is 0.800 bits per heavy atom. The van der Waals surface area contributed by atoms with Gasteiger partial charge in [-0.2, -0.15) is 18.2 Å². The Morgan fingerprint density at radius 2 is 1.44 bits per heavy atom. The summed E-state index contributed by atoms with van der Waals surface area (Å²) in [5.74, 6) is 1.83. The van der Waals surface area contributed by atoms with E-state index in [1.165, 1.54) is 36.0 Å². The zero-order valence-corrected chi connectivity index (χ0v) is 25.5. The molecule has 1 aliphatic carbocycles. The van der Waals surface area contributed by atoms with Crippen LogP contribution < -0.4 is 5.56 Å². The van der Waals surface area contributed by atoms with E-state index < -0.39 is 11.7 Å². The van der Waals surface area contributed by atoms with Crippen molar-refractivity contribution >= 4 is 11.8 Å². The molecule has 6 nitrogen and oxygen atoms in total. The van der Waals surface area contributed by atoms with Gasteiger partial charge in [-0.15, -0.1) is 10.2 Å². The van der Waals surface area contributed by atoms with Crippen LogP contribution in [-0.4, -0.2) is 24.3 Å². The summed E-state index contributed by atoms with van der Waals surface area (Å²) in [4.78, 5) is 17.4. The molecule has 232 valence electrons. The number of alkyl halides is 3. The topological polar surface area (TPSA) is 65.6 Å². The molecule has 2 heterocycles. The average molecular weight is 634 g/mol. The van der Waals surface area contributed by atoms with E-state index in [1.54, 1.807) is 12.1 Å².